The van der Waals surface area contributed by atoms with Crippen molar-refractivity contribution in [1.29, 1.82) is 0 Å². The lowest BCUT2D eigenvalue weighted by atomic mass is 9.91. The van der Waals surface area contributed by atoms with E-state index in [4.69, 9.17) is 10.5 Å². The molecule has 1 saturated heterocycles. The second-order valence-electron chi connectivity index (χ2n) is 3.89. The van der Waals surface area contributed by atoms with Gasteiger partial charge in [-0.25, -0.2) is 0 Å². The van der Waals surface area contributed by atoms with Gasteiger partial charge in [-0.05, 0) is 37.5 Å². The highest BCUT2D eigenvalue weighted by molar-refractivity contribution is 4.89. The zero-order chi connectivity index (χ0) is 7.68. The third kappa shape index (κ3) is 1.74. The average Bonchev–Trinajstić information content (AvgIpc) is 2.87. The van der Waals surface area contributed by atoms with Crippen LogP contribution in [0.15, 0.2) is 0 Å². The van der Waals surface area contributed by atoms with Crippen molar-refractivity contribution in [2.24, 2.45) is 17.6 Å². The maximum Gasteiger partial charge on any atom is 0.0509 e. The number of hydrogen-bond donors (Lipinski definition) is 1. The van der Waals surface area contributed by atoms with Gasteiger partial charge in [-0.2, -0.15) is 0 Å². The first-order chi connectivity index (χ1) is 5.38. The molecule has 1 saturated carbocycles. The van der Waals surface area contributed by atoms with Crippen LogP contribution in [-0.4, -0.2) is 19.3 Å². The predicted molar refractivity (Wildman–Crippen MR) is 44.2 cm³/mol. The lowest BCUT2D eigenvalue weighted by Gasteiger charge is -2.27. The highest BCUT2D eigenvalue weighted by Gasteiger charge is 2.34. The molecule has 2 aliphatic rings. The van der Waals surface area contributed by atoms with Crippen molar-refractivity contribution in [3.8, 4) is 0 Å². The Hall–Kier alpha value is -0.0800. The molecular weight excluding hydrogens is 138 g/mol. The number of ether oxygens (including phenoxy) is 1. The fraction of sp³-hybridized carbons (Fsp3) is 1.00. The Morgan fingerprint density at radius 2 is 2.00 bits per heavy atom. The zero-order valence-electron chi connectivity index (χ0n) is 6.96. The summed E-state index contributed by atoms with van der Waals surface area (Å²) in [6.45, 7) is 1.87. The topological polar surface area (TPSA) is 35.2 Å². The smallest absolute Gasteiger partial charge is 0.0509 e. The minimum absolute atomic E-state index is 0.440. The first-order valence-corrected chi connectivity index (χ1v) is 4.71. The van der Waals surface area contributed by atoms with Gasteiger partial charge in [-0.1, -0.05) is 0 Å². The van der Waals surface area contributed by atoms with E-state index in [9.17, 15) is 0 Å². The van der Waals surface area contributed by atoms with E-state index in [1.54, 1.807) is 0 Å². The number of hydrogen-bond acceptors (Lipinski definition) is 2. The molecular formula is C9H17NO. The van der Waals surface area contributed by atoms with Gasteiger partial charge in [0, 0.05) is 12.6 Å². The Kier molecular flexibility index (Phi) is 2.14. The van der Waals surface area contributed by atoms with Crippen molar-refractivity contribution in [2.45, 2.75) is 31.7 Å². The van der Waals surface area contributed by atoms with Gasteiger partial charge in [-0.3, -0.25) is 0 Å². The molecule has 64 valence electrons. The SMILES string of the molecule is N[C@H](C1CC1)[C@H]1CCCOC1. The number of rotatable bonds is 2. The summed E-state index contributed by atoms with van der Waals surface area (Å²) in [4.78, 5) is 0. The van der Waals surface area contributed by atoms with Crippen LogP contribution in [0.2, 0.25) is 0 Å². The molecule has 0 aromatic heterocycles. The largest absolute Gasteiger partial charge is 0.381 e. The van der Waals surface area contributed by atoms with E-state index in [1.165, 1.54) is 25.7 Å². The van der Waals surface area contributed by atoms with E-state index in [2.05, 4.69) is 0 Å². The monoisotopic (exact) mass is 155 g/mol. The Labute approximate surface area is 68.1 Å². The van der Waals surface area contributed by atoms with Crippen molar-refractivity contribution in [3.05, 3.63) is 0 Å². The van der Waals surface area contributed by atoms with E-state index in [0.29, 0.717) is 12.0 Å². The van der Waals surface area contributed by atoms with Crippen LogP contribution in [0.5, 0.6) is 0 Å². The van der Waals surface area contributed by atoms with Gasteiger partial charge in [0.25, 0.3) is 0 Å². The lowest BCUT2D eigenvalue weighted by Crippen LogP contribution is -2.37. The second kappa shape index (κ2) is 3.11. The Morgan fingerprint density at radius 3 is 2.55 bits per heavy atom. The molecule has 11 heavy (non-hydrogen) atoms. The highest BCUT2D eigenvalue weighted by Crippen LogP contribution is 2.36. The van der Waals surface area contributed by atoms with Crippen LogP contribution in [0.3, 0.4) is 0 Å². The average molecular weight is 155 g/mol. The van der Waals surface area contributed by atoms with Crippen molar-refractivity contribution >= 4 is 0 Å². The van der Waals surface area contributed by atoms with Crippen LogP contribution in [0, 0.1) is 11.8 Å². The molecule has 2 nitrogen and oxygen atoms in total. The molecule has 0 unspecified atom stereocenters. The van der Waals surface area contributed by atoms with E-state index < -0.39 is 0 Å². The van der Waals surface area contributed by atoms with Gasteiger partial charge in [0.1, 0.15) is 0 Å². The molecule has 1 aliphatic carbocycles. The van der Waals surface area contributed by atoms with Gasteiger partial charge in [0.05, 0.1) is 6.61 Å². The fourth-order valence-corrected chi connectivity index (χ4v) is 1.94. The van der Waals surface area contributed by atoms with Crippen LogP contribution in [0.4, 0.5) is 0 Å². The summed E-state index contributed by atoms with van der Waals surface area (Å²) in [5.74, 6) is 1.50. The molecule has 0 aromatic carbocycles. The van der Waals surface area contributed by atoms with Gasteiger partial charge in [0.15, 0.2) is 0 Å². The number of nitrogens with two attached hydrogens (primary N) is 1. The Balaban J connectivity index is 1.81. The van der Waals surface area contributed by atoms with Crippen molar-refractivity contribution < 1.29 is 4.74 Å². The highest BCUT2D eigenvalue weighted by atomic mass is 16.5. The Bertz CT molecular complexity index is 128. The molecule has 0 aromatic rings. The van der Waals surface area contributed by atoms with Crippen LogP contribution in [0.25, 0.3) is 0 Å². The molecule has 2 fully saturated rings. The van der Waals surface area contributed by atoms with Crippen molar-refractivity contribution in [3.63, 3.8) is 0 Å². The molecule has 2 atom stereocenters. The van der Waals surface area contributed by atoms with Crippen molar-refractivity contribution in [1.82, 2.24) is 0 Å². The third-order valence-corrected chi connectivity index (χ3v) is 2.91. The summed E-state index contributed by atoms with van der Waals surface area (Å²) in [7, 11) is 0. The lowest BCUT2D eigenvalue weighted by molar-refractivity contribution is 0.0420. The van der Waals surface area contributed by atoms with Gasteiger partial charge < -0.3 is 10.5 Å². The maximum atomic E-state index is 6.07. The summed E-state index contributed by atoms with van der Waals surface area (Å²) in [5, 5.41) is 0. The van der Waals surface area contributed by atoms with Crippen LogP contribution < -0.4 is 5.73 Å². The molecule has 2 rings (SSSR count). The zero-order valence-corrected chi connectivity index (χ0v) is 6.96. The predicted octanol–water partition coefficient (Wildman–Crippen LogP) is 1.15. The summed E-state index contributed by atoms with van der Waals surface area (Å²) in [6.07, 6.45) is 5.22. The van der Waals surface area contributed by atoms with E-state index in [0.717, 1.165) is 19.1 Å². The molecule has 2 heteroatoms. The summed E-state index contributed by atoms with van der Waals surface area (Å²) in [5.41, 5.74) is 6.07. The van der Waals surface area contributed by atoms with Gasteiger partial charge in [0.2, 0.25) is 0 Å². The maximum absolute atomic E-state index is 6.07. The van der Waals surface area contributed by atoms with Gasteiger partial charge in [-0.15, -0.1) is 0 Å². The minimum Gasteiger partial charge on any atom is -0.381 e. The van der Waals surface area contributed by atoms with Crippen LogP contribution in [0.1, 0.15) is 25.7 Å². The molecule has 0 bridgehead atoms. The molecule has 0 radical (unpaired) electrons. The van der Waals surface area contributed by atoms with Crippen LogP contribution >= 0.6 is 0 Å². The summed E-state index contributed by atoms with van der Waals surface area (Å²) in [6, 6.07) is 0.440. The molecule has 2 N–H and O–H groups in total. The summed E-state index contributed by atoms with van der Waals surface area (Å²) >= 11 is 0. The molecule has 1 heterocycles. The van der Waals surface area contributed by atoms with Crippen molar-refractivity contribution in [2.75, 3.05) is 13.2 Å². The Morgan fingerprint density at radius 1 is 1.18 bits per heavy atom. The molecule has 0 spiro atoms. The van der Waals surface area contributed by atoms with E-state index in [1.807, 2.05) is 0 Å². The molecule has 1 aliphatic heterocycles. The van der Waals surface area contributed by atoms with E-state index >= 15 is 0 Å². The standard InChI is InChI=1S/C9H17NO/c10-9(7-3-4-7)8-2-1-5-11-6-8/h7-9H,1-6,10H2/t8-,9+/m0/s1. The van der Waals surface area contributed by atoms with E-state index in [-0.39, 0.29) is 0 Å². The summed E-state index contributed by atoms with van der Waals surface area (Å²) < 4.78 is 5.40. The molecule has 0 amide bonds. The fourth-order valence-electron chi connectivity index (χ4n) is 1.94. The van der Waals surface area contributed by atoms with Crippen LogP contribution in [-0.2, 0) is 4.74 Å². The second-order valence-corrected chi connectivity index (χ2v) is 3.89. The van der Waals surface area contributed by atoms with Gasteiger partial charge >= 0.3 is 0 Å². The normalized spacial score (nSPS) is 35.2. The minimum atomic E-state index is 0.440. The third-order valence-electron chi connectivity index (χ3n) is 2.91. The first kappa shape index (κ1) is 7.56. The first-order valence-electron chi connectivity index (χ1n) is 4.71. The quantitative estimate of drug-likeness (QED) is 0.649.